The second-order valence-electron chi connectivity index (χ2n) is 5.25. The van der Waals surface area contributed by atoms with Gasteiger partial charge in [0.05, 0.1) is 4.99 Å². The van der Waals surface area contributed by atoms with E-state index in [1.54, 1.807) is 0 Å². The molecule has 0 radical (unpaired) electrons. The Morgan fingerprint density at radius 2 is 1.57 bits per heavy atom. The fraction of sp³-hybridized carbons (Fsp3) is 0.278. The Kier molecular flexibility index (Phi) is 5.90. The lowest BCUT2D eigenvalue weighted by atomic mass is 10.1. The van der Waals surface area contributed by atoms with E-state index in [-0.39, 0.29) is 0 Å². The van der Waals surface area contributed by atoms with Gasteiger partial charge in [-0.3, -0.25) is 4.90 Å². The first kappa shape index (κ1) is 15.7. The first-order chi connectivity index (χ1) is 10.2. The van der Waals surface area contributed by atoms with Crippen LogP contribution in [0, 0.1) is 0 Å². The Hall–Kier alpha value is -1.71. The third-order valence-electron chi connectivity index (χ3n) is 3.47. The molecule has 0 aliphatic heterocycles. The van der Waals surface area contributed by atoms with Crippen LogP contribution in [-0.4, -0.2) is 16.4 Å². The van der Waals surface area contributed by atoms with Crippen molar-refractivity contribution >= 4 is 17.2 Å². The highest BCUT2D eigenvalue weighted by molar-refractivity contribution is 7.80. The van der Waals surface area contributed by atoms with Crippen molar-refractivity contribution in [2.75, 3.05) is 6.54 Å². The fourth-order valence-electron chi connectivity index (χ4n) is 2.42. The van der Waals surface area contributed by atoms with Crippen molar-refractivity contribution in [2.24, 2.45) is 5.73 Å². The van der Waals surface area contributed by atoms with Crippen molar-refractivity contribution in [3.8, 4) is 0 Å². The van der Waals surface area contributed by atoms with Crippen LogP contribution in [0.1, 0.15) is 23.6 Å². The molecule has 0 aromatic heterocycles. The molecule has 0 spiro atoms. The summed E-state index contributed by atoms with van der Waals surface area (Å²) in [6, 6.07) is 19.1. The van der Waals surface area contributed by atoms with E-state index in [1.165, 1.54) is 16.7 Å². The molecule has 0 amide bonds. The molecule has 0 atom stereocenters. The molecule has 2 nitrogen and oxygen atoms in total. The number of rotatable bonds is 7. The van der Waals surface area contributed by atoms with E-state index in [0.29, 0.717) is 11.4 Å². The lowest BCUT2D eigenvalue weighted by Crippen LogP contribution is -2.22. The average Bonchev–Trinajstić information content (AvgIpc) is 2.47. The summed E-state index contributed by atoms with van der Waals surface area (Å²) in [6.07, 6.45) is 0.675. The summed E-state index contributed by atoms with van der Waals surface area (Å²) in [5.41, 5.74) is 9.47. The molecule has 2 aromatic carbocycles. The highest BCUT2D eigenvalue weighted by Gasteiger charge is 2.06. The predicted molar refractivity (Wildman–Crippen MR) is 93.2 cm³/mol. The Balaban J connectivity index is 2.02. The quantitative estimate of drug-likeness (QED) is 0.793. The summed E-state index contributed by atoms with van der Waals surface area (Å²) >= 11 is 4.99. The summed E-state index contributed by atoms with van der Waals surface area (Å²) < 4.78 is 0. The second-order valence-corrected chi connectivity index (χ2v) is 5.78. The lowest BCUT2D eigenvalue weighted by molar-refractivity contribution is 0.271. The van der Waals surface area contributed by atoms with Crippen LogP contribution in [-0.2, 0) is 19.5 Å². The molecule has 0 unspecified atom stereocenters. The lowest BCUT2D eigenvalue weighted by Gasteiger charge is -2.21. The Morgan fingerprint density at radius 1 is 0.952 bits per heavy atom. The fourth-order valence-corrected chi connectivity index (χ4v) is 2.59. The van der Waals surface area contributed by atoms with Crippen molar-refractivity contribution in [1.29, 1.82) is 0 Å². The van der Waals surface area contributed by atoms with Crippen LogP contribution in [0.3, 0.4) is 0 Å². The van der Waals surface area contributed by atoms with Gasteiger partial charge in [0.25, 0.3) is 0 Å². The SMILES string of the molecule is CCN(Cc1ccccc1)Cc1cccc(CC(N)=S)c1. The maximum Gasteiger partial charge on any atom is 0.0771 e. The van der Waals surface area contributed by atoms with Crippen molar-refractivity contribution in [1.82, 2.24) is 4.90 Å². The normalized spacial score (nSPS) is 10.8. The molecule has 0 aliphatic carbocycles. The van der Waals surface area contributed by atoms with E-state index in [9.17, 15) is 0 Å². The summed E-state index contributed by atoms with van der Waals surface area (Å²) in [6.45, 7) is 5.13. The molecule has 0 aliphatic rings. The second kappa shape index (κ2) is 7.91. The molecule has 21 heavy (non-hydrogen) atoms. The molecular formula is C18H22N2S. The smallest absolute Gasteiger partial charge is 0.0771 e. The largest absolute Gasteiger partial charge is 0.393 e. The topological polar surface area (TPSA) is 29.3 Å². The number of benzene rings is 2. The highest BCUT2D eigenvalue weighted by Crippen LogP contribution is 2.12. The van der Waals surface area contributed by atoms with Crippen LogP contribution in [0.25, 0.3) is 0 Å². The van der Waals surface area contributed by atoms with Gasteiger partial charge in [0.15, 0.2) is 0 Å². The van der Waals surface area contributed by atoms with Gasteiger partial charge in [-0.05, 0) is 23.2 Å². The number of hydrogen-bond acceptors (Lipinski definition) is 2. The van der Waals surface area contributed by atoms with Gasteiger partial charge in [-0.2, -0.15) is 0 Å². The van der Waals surface area contributed by atoms with E-state index >= 15 is 0 Å². The highest BCUT2D eigenvalue weighted by atomic mass is 32.1. The third kappa shape index (κ3) is 5.29. The van der Waals surface area contributed by atoms with Crippen molar-refractivity contribution in [3.63, 3.8) is 0 Å². The van der Waals surface area contributed by atoms with Crippen LogP contribution >= 0.6 is 12.2 Å². The zero-order valence-corrected chi connectivity index (χ0v) is 13.3. The van der Waals surface area contributed by atoms with Crippen LogP contribution in [0.15, 0.2) is 54.6 Å². The molecule has 0 heterocycles. The molecule has 0 saturated heterocycles. The first-order valence-corrected chi connectivity index (χ1v) is 7.70. The van der Waals surface area contributed by atoms with E-state index in [0.717, 1.165) is 19.6 Å². The Bertz CT molecular complexity index is 581. The van der Waals surface area contributed by atoms with Crippen molar-refractivity contribution in [3.05, 3.63) is 71.3 Å². The number of hydrogen-bond donors (Lipinski definition) is 1. The zero-order valence-electron chi connectivity index (χ0n) is 12.5. The molecule has 0 saturated carbocycles. The van der Waals surface area contributed by atoms with Crippen molar-refractivity contribution in [2.45, 2.75) is 26.4 Å². The van der Waals surface area contributed by atoms with Crippen LogP contribution < -0.4 is 5.73 Å². The maximum atomic E-state index is 5.63. The van der Waals surface area contributed by atoms with Gasteiger partial charge in [-0.25, -0.2) is 0 Å². The monoisotopic (exact) mass is 298 g/mol. The molecule has 2 aromatic rings. The minimum atomic E-state index is 0.545. The summed E-state index contributed by atoms with van der Waals surface area (Å²) in [5.74, 6) is 0. The first-order valence-electron chi connectivity index (χ1n) is 7.29. The predicted octanol–water partition coefficient (Wildman–Crippen LogP) is 3.54. The zero-order chi connectivity index (χ0) is 15.1. The Labute approximate surface area is 132 Å². The molecular weight excluding hydrogens is 276 g/mol. The number of thiocarbonyl (C=S) groups is 1. The third-order valence-corrected chi connectivity index (χ3v) is 3.62. The van der Waals surface area contributed by atoms with Crippen LogP contribution in [0.4, 0.5) is 0 Å². The maximum absolute atomic E-state index is 5.63. The molecule has 2 N–H and O–H groups in total. The summed E-state index contributed by atoms with van der Waals surface area (Å²) in [7, 11) is 0. The van der Waals surface area contributed by atoms with E-state index in [2.05, 4.69) is 66.4 Å². The summed E-state index contributed by atoms with van der Waals surface area (Å²) in [4.78, 5) is 2.97. The van der Waals surface area contributed by atoms with E-state index in [1.807, 2.05) is 0 Å². The van der Waals surface area contributed by atoms with Gasteiger partial charge in [0.1, 0.15) is 0 Å². The average molecular weight is 298 g/mol. The van der Waals surface area contributed by atoms with Gasteiger partial charge >= 0.3 is 0 Å². The number of nitrogens with two attached hydrogens (primary N) is 1. The van der Waals surface area contributed by atoms with Crippen LogP contribution in [0.5, 0.6) is 0 Å². The van der Waals surface area contributed by atoms with E-state index in [4.69, 9.17) is 18.0 Å². The Morgan fingerprint density at radius 3 is 2.24 bits per heavy atom. The van der Waals surface area contributed by atoms with Gasteiger partial charge in [0.2, 0.25) is 0 Å². The van der Waals surface area contributed by atoms with Gasteiger partial charge in [-0.1, -0.05) is 73.7 Å². The molecule has 110 valence electrons. The van der Waals surface area contributed by atoms with Crippen molar-refractivity contribution < 1.29 is 0 Å². The molecule has 0 fully saturated rings. The number of nitrogens with zero attached hydrogens (tertiary/aromatic N) is 1. The van der Waals surface area contributed by atoms with Crippen LogP contribution in [0.2, 0.25) is 0 Å². The van der Waals surface area contributed by atoms with Gasteiger partial charge < -0.3 is 5.73 Å². The van der Waals surface area contributed by atoms with Gasteiger partial charge in [0, 0.05) is 19.5 Å². The molecule has 0 bridgehead atoms. The standard InChI is InChI=1S/C18H22N2S/c1-2-20(13-15-7-4-3-5-8-15)14-17-10-6-9-16(11-17)12-18(19)21/h3-11H,2,12-14H2,1H3,(H2,19,21). The minimum Gasteiger partial charge on any atom is -0.393 e. The molecule has 3 heteroatoms. The minimum absolute atomic E-state index is 0.545. The molecule has 2 rings (SSSR count). The summed E-state index contributed by atoms with van der Waals surface area (Å²) in [5, 5.41) is 0. The van der Waals surface area contributed by atoms with Gasteiger partial charge in [-0.15, -0.1) is 0 Å². The van der Waals surface area contributed by atoms with E-state index < -0.39 is 0 Å².